The maximum Gasteiger partial charge on any atom is 0.351 e. The number of aliphatic hydroxyl groups is 2. The molecule has 4 atom stereocenters. The Balaban J connectivity index is 1.92. The molecule has 0 radical (unpaired) electrons. The van der Waals surface area contributed by atoms with E-state index in [4.69, 9.17) is 25.0 Å². The van der Waals surface area contributed by atoms with Crippen LogP contribution in [0, 0.1) is 0 Å². The number of anilines is 1. The molecule has 12 nitrogen and oxygen atoms in total. The normalized spacial score (nSPS) is 31.0. The van der Waals surface area contributed by atoms with E-state index in [1.165, 1.54) is 24.1 Å². The molecule has 0 amide bonds. The van der Waals surface area contributed by atoms with Crippen LogP contribution in [0.25, 0.3) is 11.2 Å². The largest absolute Gasteiger partial charge is 0.385 e. The summed E-state index contributed by atoms with van der Waals surface area (Å²) in [7, 11) is -4.46. The average Bonchev–Trinajstić information content (AvgIpc) is 2.99. The molecule has 1 aliphatic rings. The highest BCUT2D eigenvalue weighted by molar-refractivity contribution is 7.51. The van der Waals surface area contributed by atoms with Gasteiger partial charge in [-0.3, -0.25) is 9.13 Å². The number of ether oxygens (including phenoxy) is 2. The number of hydrogen-bond acceptors (Lipinski definition) is 9. The van der Waals surface area contributed by atoms with Crippen molar-refractivity contribution in [2.45, 2.75) is 31.1 Å². The van der Waals surface area contributed by atoms with Crippen molar-refractivity contribution in [3.63, 3.8) is 0 Å². The minimum atomic E-state index is -4.46. The maximum atomic E-state index is 10.9. The number of aliphatic hydroxyl groups excluding tert-OH is 1. The molecule has 24 heavy (non-hydrogen) atoms. The quantitative estimate of drug-likeness (QED) is 0.400. The average molecular weight is 361 g/mol. The highest BCUT2D eigenvalue weighted by atomic mass is 31.2. The molecule has 2 aromatic heterocycles. The minimum absolute atomic E-state index is 0.131. The fraction of sp³-hybridized carbons (Fsp3) is 0.545. The fourth-order valence-electron chi connectivity index (χ4n) is 2.45. The molecule has 132 valence electrons. The maximum absolute atomic E-state index is 10.9. The van der Waals surface area contributed by atoms with Gasteiger partial charge in [0.25, 0.3) is 0 Å². The molecular weight excluding hydrogens is 345 g/mol. The second kappa shape index (κ2) is 5.70. The summed E-state index contributed by atoms with van der Waals surface area (Å²) in [6, 6.07) is 0. The zero-order valence-corrected chi connectivity index (χ0v) is 13.3. The van der Waals surface area contributed by atoms with Crippen LogP contribution in [0.4, 0.5) is 5.82 Å². The van der Waals surface area contributed by atoms with Crippen molar-refractivity contribution in [3.8, 4) is 0 Å². The minimum Gasteiger partial charge on any atom is -0.385 e. The molecule has 0 bridgehead atoms. The van der Waals surface area contributed by atoms with Crippen LogP contribution in [0.5, 0.6) is 0 Å². The van der Waals surface area contributed by atoms with Gasteiger partial charge in [-0.05, 0) is 6.92 Å². The van der Waals surface area contributed by atoms with Crippen molar-refractivity contribution in [2.75, 3.05) is 12.1 Å². The number of rotatable bonds is 4. The van der Waals surface area contributed by atoms with Gasteiger partial charge in [-0.1, -0.05) is 0 Å². The van der Waals surface area contributed by atoms with Gasteiger partial charge in [-0.2, -0.15) is 0 Å². The Kier molecular flexibility index (Phi) is 4.08. The van der Waals surface area contributed by atoms with E-state index in [0.29, 0.717) is 0 Å². The zero-order chi connectivity index (χ0) is 17.7. The molecule has 2 aromatic rings. The second-order valence-electron chi connectivity index (χ2n) is 5.57. The lowest BCUT2D eigenvalue weighted by molar-refractivity contribution is -0.167. The summed E-state index contributed by atoms with van der Waals surface area (Å²) in [5, 5.41) is 20.7. The molecule has 13 heteroatoms. The number of nitrogen functional groups attached to an aromatic ring is 1. The zero-order valence-electron chi connectivity index (χ0n) is 12.4. The van der Waals surface area contributed by atoms with Gasteiger partial charge in [0.15, 0.2) is 30.3 Å². The summed E-state index contributed by atoms with van der Waals surface area (Å²) in [5.74, 6) is 0.131. The Morgan fingerprint density at radius 3 is 2.83 bits per heavy atom. The van der Waals surface area contributed by atoms with Gasteiger partial charge in [-0.25, -0.2) is 15.0 Å². The van der Waals surface area contributed by atoms with Crippen LogP contribution < -0.4 is 5.73 Å². The molecule has 3 heterocycles. The Labute approximate surface area is 135 Å². The monoisotopic (exact) mass is 361 g/mol. The van der Waals surface area contributed by atoms with Gasteiger partial charge in [0, 0.05) is 0 Å². The number of fused-ring (bicyclic) bond motifs is 1. The first-order chi connectivity index (χ1) is 11.1. The molecule has 3 rings (SSSR count). The van der Waals surface area contributed by atoms with E-state index in [9.17, 15) is 14.8 Å². The van der Waals surface area contributed by atoms with E-state index in [-0.39, 0.29) is 17.0 Å². The van der Waals surface area contributed by atoms with E-state index in [0.717, 1.165) is 0 Å². The molecule has 0 aliphatic carbocycles. The summed E-state index contributed by atoms with van der Waals surface area (Å²) in [6.07, 6.45) is -2.64. The first-order valence-corrected chi connectivity index (χ1v) is 8.56. The van der Waals surface area contributed by atoms with Crippen LogP contribution >= 0.6 is 7.60 Å². The lowest BCUT2D eigenvalue weighted by Gasteiger charge is -2.26. The summed E-state index contributed by atoms with van der Waals surface area (Å²) in [6.45, 7) is 1.29. The van der Waals surface area contributed by atoms with E-state index >= 15 is 0 Å². The highest BCUT2D eigenvalue weighted by Gasteiger charge is 2.54. The van der Waals surface area contributed by atoms with Crippen molar-refractivity contribution < 1.29 is 34.0 Å². The molecule has 0 aromatic carbocycles. The Hall–Kier alpha value is -1.66. The van der Waals surface area contributed by atoms with Crippen molar-refractivity contribution in [1.82, 2.24) is 19.5 Å². The van der Waals surface area contributed by atoms with Gasteiger partial charge >= 0.3 is 7.60 Å². The Morgan fingerprint density at radius 2 is 2.17 bits per heavy atom. The fourth-order valence-corrected chi connectivity index (χ4v) is 2.79. The summed E-state index contributed by atoms with van der Waals surface area (Å²) in [5.41, 5.74) is 4.40. The summed E-state index contributed by atoms with van der Waals surface area (Å²) >= 11 is 0. The van der Waals surface area contributed by atoms with Gasteiger partial charge < -0.3 is 35.2 Å². The van der Waals surface area contributed by atoms with E-state index in [1.807, 2.05) is 0 Å². The third-order valence-electron chi connectivity index (χ3n) is 3.67. The molecule has 6 N–H and O–H groups in total. The van der Waals surface area contributed by atoms with Crippen molar-refractivity contribution in [3.05, 3.63) is 12.7 Å². The lowest BCUT2D eigenvalue weighted by atomic mass is 9.99. The molecular formula is C11H16N5O7P. The van der Waals surface area contributed by atoms with Gasteiger partial charge in [0.05, 0.1) is 6.33 Å². The predicted octanol–water partition coefficient (Wildman–Crippen LogP) is -1.47. The van der Waals surface area contributed by atoms with Crippen LogP contribution in [-0.2, 0) is 14.0 Å². The van der Waals surface area contributed by atoms with Crippen LogP contribution in [0.3, 0.4) is 0 Å². The number of hydrogen-bond donors (Lipinski definition) is 5. The first kappa shape index (κ1) is 17.2. The molecule has 1 aliphatic heterocycles. The lowest BCUT2D eigenvalue weighted by Crippen LogP contribution is -2.44. The molecule has 0 saturated carbocycles. The smallest absolute Gasteiger partial charge is 0.351 e. The van der Waals surface area contributed by atoms with Crippen molar-refractivity contribution in [2.24, 2.45) is 0 Å². The van der Waals surface area contributed by atoms with E-state index in [2.05, 4.69) is 15.0 Å². The second-order valence-corrected chi connectivity index (χ2v) is 7.16. The molecule has 0 spiro atoms. The summed E-state index contributed by atoms with van der Waals surface area (Å²) in [4.78, 5) is 29.6. The predicted molar refractivity (Wildman–Crippen MR) is 78.3 cm³/mol. The number of imidazole rings is 1. The Bertz CT molecular complexity index is 805. The highest BCUT2D eigenvalue weighted by Crippen LogP contribution is 2.42. The van der Waals surface area contributed by atoms with E-state index in [1.54, 1.807) is 0 Å². The van der Waals surface area contributed by atoms with Crippen LogP contribution in [0.15, 0.2) is 12.7 Å². The molecule has 1 saturated heterocycles. The SMILES string of the molecule is C[C@@]1(O)[C@H](O)[C@@H](OCP(=O)(O)O)O[C@H]1n1cnc2c(N)ncnc21. The van der Waals surface area contributed by atoms with Gasteiger partial charge in [0.1, 0.15) is 23.5 Å². The molecule has 1 fully saturated rings. The first-order valence-electron chi connectivity index (χ1n) is 6.76. The third kappa shape index (κ3) is 2.89. The Morgan fingerprint density at radius 1 is 1.46 bits per heavy atom. The third-order valence-corrected chi connectivity index (χ3v) is 4.15. The van der Waals surface area contributed by atoms with Crippen molar-refractivity contribution in [1.29, 1.82) is 0 Å². The molecule has 0 unspecified atom stereocenters. The van der Waals surface area contributed by atoms with Crippen molar-refractivity contribution >= 4 is 24.6 Å². The van der Waals surface area contributed by atoms with E-state index < -0.39 is 38.2 Å². The van der Waals surface area contributed by atoms with Crippen LogP contribution in [0.2, 0.25) is 0 Å². The van der Waals surface area contributed by atoms with Gasteiger partial charge in [0.2, 0.25) is 0 Å². The summed E-state index contributed by atoms with van der Waals surface area (Å²) < 4.78 is 22.6. The number of nitrogens with two attached hydrogens (primary N) is 1. The number of nitrogens with zero attached hydrogens (tertiary/aromatic N) is 4. The van der Waals surface area contributed by atoms with Gasteiger partial charge in [-0.15, -0.1) is 0 Å². The van der Waals surface area contributed by atoms with Crippen LogP contribution in [0.1, 0.15) is 13.2 Å². The standard InChI is InChI=1S/C11H16N5O7P/c1-11(18)6(17)9(22-4-24(19,20)21)23-10(11)16-3-15-5-7(12)13-2-14-8(5)16/h2-3,6,9-10,17-18H,4H2,1H3,(H2,12,13,14)(H2,19,20,21)/t6-,9+,10-,11-/m1/s1. The van der Waals surface area contributed by atoms with Crippen LogP contribution in [-0.4, -0.2) is 63.9 Å². The number of aromatic nitrogens is 4. The topological polar surface area (TPSA) is 186 Å².